The van der Waals surface area contributed by atoms with Crippen LogP contribution in [0.15, 0.2) is 42.2 Å². The molecule has 2 fully saturated rings. The van der Waals surface area contributed by atoms with E-state index in [0.717, 1.165) is 42.4 Å². The molecule has 1 saturated heterocycles. The molecule has 2 aromatic carbocycles. The van der Waals surface area contributed by atoms with E-state index >= 15 is 0 Å². The number of aliphatic hydroxyl groups is 3. The lowest BCUT2D eigenvalue weighted by atomic mass is 9.72. The Morgan fingerprint density at radius 2 is 1.79 bits per heavy atom. The number of carboxylic acid groups (broad SMARTS) is 1. The predicted molar refractivity (Wildman–Crippen MR) is 184 cm³/mol. The molecule has 0 unspecified atom stereocenters. The number of carboxylic acids is 1. The van der Waals surface area contributed by atoms with Crippen molar-refractivity contribution in [2.24, 2.45) is 17.2 Å². The molecule has 53 heavy (non-hydrogen) atoms. The second kappa shape index (κ2) is 14.2. The van der Waals surface area contributed by atoms with Gasteiger partial charge in [-0.15, -0.1) is 0 Å². The first-order valence-corrected chi connectivity index (χ1v) is 17.3. The topological polar surface area (TPSA) is 270 Å². The van der Waals surface area contributed by atoms with Gasteiger partial charge in [0, 0.05) is 23.7 Å². The molecule has 1 aliphatic carbocycles. The van der Waals surface area contributed by atoms with Crippen molar-refractivity contribution in [2.45, 2.75) is 92.7 Å². The van der Waals surface area contributed by atoms with Crippen LogP contribution in [0.2, 0.25) is 0 Å². The normalized spacial score (nSPS) is 28.6. The number of dihydropyridines is 1. The Hall–Kier alpha value is -4.78. The first kappa shape index (κ1) is 36.6. The first-order valence-electron chi connectivity index (χ1n) is 17.3. The van der Waals surface area contributed by atoms with Crippen LogP contribution in [0.4, 0.5) is 0 Å². The third kappa shape index (κ3) is 6.46. The number of allylic oxidation sites excluding steroid dienone is 2. The van der Waals surface area contributed by atoms with Crippen molar-refractivity contribution in [1.29, 1.82) is 0 Å². The minimum Gasteiger partial charge on any atom is -0.493 e. The fraction of sp³-hybridized carbons (Fsp3) is 0.500. The third-order valence-corrected chi connectivity index (χ3v) is 10.6. The van der Waals surface area contributed by atoms with Crippen molar-refractivity contribution in [3.63, 3.8) is 0 Å². The van der Waals surface area contributed by atoms with Gasteiger partial charge in [-0.25, -0.2) is 0 Å². The fourth-order valence-electron chi connectivity index (χ4n) is 8.15. The predicted octanol–water partition coefficient (Wildman–Crippen LogP) is 0.229. The van der Waals surface area contributed by atoms with Gasteiger partial charge in [-0.3, -0.25) is 9.59 Å². The summed E-state index contributed by atoms with van der Waals surface area (Å²) in [7, 11) is 3.13. The number of hydrogen-bond acceptors (Lipinski definition) is 16. The molecule has 0 amide bonds. The molecule has 1 spiro atoms. The van der Waals surface area contributed by atoms with Crippen molar-refractivity contribution < 1.29 is 63.2 Å². The summed E-state index contributed by atoms with van der Waals surface area (Å²) in [5.41, 5.74) is 20.3. The summed E-state index contributed by atoms with van der Waals surface area (Å²) in [4.78, 5) is 23.3. The van der Waals surface area contributed by atoms with Crippen LogP contribution in [0, 0.1) is 0 Å². The number of rotatable bonds is 10. The molecule has 1 saturated carbocycles. The van der Waals surface area contributed by atoms with Gasteiger partial charge in [-0.05, 0) is 55.0 Å². The highest BCUT2D eigenvalue weighted by atomic mass is 16.7. The van der Waals surface area contributed by atoms with Gasteiger partial charge in [0.1, 0.15) is 54.0 Å². The molecular formula is C36H44N4O13. The maximum Gasteiger partial charge on any atom is 0.317 e. The van der Waals surface area contributed by atoms with Crippen molar-refractivity contribution in [3.05, 3.63) is 58.9 Å². The summed E-state index contributed by atoms with van der Waals surface area (Å²) in [6, 6.07) is 7.24. The van der Waals surface area contributed by atoms with Gasteiger partial charge >= 0.3 is 11.9 Å². The molecule has 2 aromatic rings. The highest BCUT2D eigenvalue weighted by Crippen LogP contribution is 2.65. The summed E-state index contributed by atoms with van der Waals surface area (Å²) in [5, 5.41) is 45.0. The number of ether oxygens (including phenoxy) is 7. The van der Waals surface area contributed by atoms with Crippen LogP contribution < -0.4 is 46.2 Å². The Bertz CT molecular complexity index is 1830. The van der Waals surface area contributed by atoms with E-state index in [9.17, 15) is 24.9 Å². The highest BCUT2D eigenvalue weighted by Gasteiger charge is 2.58. The summed E-state index contributed by atoms with van der Waals surface area (Å²) in [6.45, 7) is 0.345. The number of benzene rings is 2. The molecule has 0 radical (unpaired) electrons. The number of nitrogens with one attached hydrogen (secondary N) is 1. The minimum absolute atomic E-state index is 0.159. The van der Waals surface area contributed by atoms with E-state index in [1.165, 1.54) is 0 Å². The van der Waals surface area contributed by atoms with Gasteiger partial charge in [0.2, 0.25) is 12.0 Å². The molecule has 17 nitrogen and oxygen atoms in total. The standard InChI is InChI=1S/C36H44N4O13/c1-47-19-7-6-17-25-31(51-29(17)30(19)48-2)24-18(15-5-8-21(37)40-14-15)11-16(12-20(24)53-36(25)9-3-4-10-36)49-35-28(46)26(44)27(45)32(52-35)33(34(38)39)50-23(43)13-22(41)42/h5-8,11-12,25-28,31-35,40,44-46H,3-4,9-10,13-14,37-39H2,1-2H3,(H,41,42)/t25-,26-,27-,28+,31-,32-,33-,35+/m0/s1. The molecule has 5 aliphatic rings. The van der Waals surface area contributed by atoms with E-state index in [-0.39, 0.29) is 11.7 Å². The van der Waals surface area contributed by atoms with Crippen LogP contribution in [0.25, 0.3) is 5.57 Å². The van der Waals surface area contributed by atoms with E-state index in [4.69, 9.17) is 55.5 Å². The van der Waals surface area contributed by atoms with E-state index in [0.29, 0.717) is 40.9 Å². The zero-order valence-corrected chi connectivity index (χ0v) is 29.1. The summed E-state index contributed by atoms with van der Waals surface area (Å²) in [5.74, 6) is -0.184. The second-order valence-corrected chi connectivity index (χ2v) is 13.8. The van der Waals surface area contributed by atoms with E-state index < -0.39 is 73.0 Å². The Labute approximate surface area is 304 Å². The number of aliphatic hydroxyl groups excluding tert-OH is 3. The van der Waals surface area contributed by atoms with Crippen LogP contribution >= 0.6 is 0 Å². The Balaban J connectivity index is 1.29. The average Bonchev–Trinajstić information content (AvgIpc) is 3.75. The molecule has 4 heterocycles. The first-order chi connectivity index (χ1) is 25.3. The largest absolute Gasteiger partial charge is 0.493 e. The van der Waals surface area contributed by atoms with E-state index in [1.54, 1.807) is 32.4 Å². The summed E-state index contributed by atoms with van der Waals surface area (Å²) >= 11 is 0. The van der Waals surface area contributed by atoms with Gasteiger partial charge in [-0.1, -0.05) is 12.1 Å². The quantitative estimate of drug-likeness (QED) is 0.0920. The molecule has 286 valence electrons. The molecule has 4 aliphatic heterocycles. The average molecular weight is 741 g/mol. The highest BCUT2D eigenvalue weighted by molar-refractivity contribution is 5.90. The summed E-state index contributed by atoms with van der Waals surface area (Å²) in [6.07, 6.45) is -6.44. The van der Waals surface area contributed by atoms with Crippen molar-refractivity contribution in [1.82, 2.24) is 5.32 Å². The monoisotopic (exact) mass is 740 g/mol. The zero-order chi connectivity index (χ0) is 37.8. The molecule has 17 heteroatoms. The second-order valence-electron chi connectivity index (χ2n) is 13.8. The van der Waals surface area contributed by atoms with Gasteiger partial charge in [0.25, 0.3) is 0 Å². The Morgan fingerprint density at radius 1 is 1.04 bits per heavy atom. The van der Waals surface area contributed by atoms with Crippen molar-refractivity contribution >= 4 is 17.5 Å². The lowest BCUT2D eigenvalue weighted by Gasteiger charge is -2.45. The van der Waals surface area contributed by atoms with Crippen LogP contribution in [-0.4, -0.2) is 102 Å². The number of nitrogens with two attached hydrogens (primary N) is 3. The number of fused-ring (bicyclic) bond motifs is 6. The van der Waals surface area contributed by atoms with Crippen molar-refractivity contribution in [3.8, 4) is 28.7 Å². The van der Waals surface area contributed by atoms with Crippen LogP contribution in [0.1, 0.15) is 60.8 Å². The SMILES string of the molecule is COc1ccc2c(c1OC)O[C@H]1c3c(cc(O[C@@H]4O[C@H]([C@H](OC(=O)CC(=O)O)C(N)N)[C@@H](O)[C@H](O)[C@H]4O)cc3C3=CC=C(N)NC3)OC3(CCCC3)[C@@H]21. The Kier molecular flexibility index (Phi) is 9.81. The smallest absolute Gasteiger partial charge is 0.317 e. The number of methoxy groups -OCH3 is 2. The van der Waals surface area contributed by atoms with Gasteiger partial charge in [0.15, 0.2) is 17.6 Å². The maximum absolute atomic E-state index is 12.3. The van der Waals surface area contributed by atoms with Gasteiger partial charge in [0.05, 0.1) is 32.1 Å². The Morgan fingerprint density at radius 3 is 2.43 bits per heavy atom. The van der Waals surface area contributed by atoms with Gasteiger partial charge in [-0.2, -0.15) is 0 Å². The molecule has 8 atom stereocenters. The lowest BCUT2D eigenvalue weighted by molar-refractivity contribution is -0.291. The van der Waals surface area contributed by atoms with E-state index in [2.05, 4.69) is 5.32 Å². The number of esters is 1. The molecular weight excluding hydrogens is 696 g/mol. The molecule has 11 N–H and O–H groups in total. The van der Waals surface area contributed by atoms with E-state index in [1.807, 2.05) is 18.2 Å². The number of carbonyl (C=O) groups excluding carboxylic acids is 1. The lowest BCUT2D eigenvalue weighted by Crippen LogP contribution is -2.66. The molecule has 0 aromatic heterocycles. The number of aliphatic carboxylic acids is 1. The van der Waals surface area contributed by atoms with Crippen molar-refractivity contribution in [2.75, 3.05) is 20.8 Å². The fourth-order valence-corrected chi connectivity index (χ4v) is 8.15. The molecule has 7 rings (SSSR count). The number of carbonyl (C=O) groups is 2. The maximum atomic E-state index is 12.3. The minimum atomic E-state index is -1.87. The summed E-state index contributed by atoms with van der Waals surface area (Å²) < 4.78 is 42.6. The van der Waals surface area contributed by atoms with Crippen LogP contribution in [-0.2, 0) is 19.1 Å². The van der Waals surface area contributed by atoms with Gasteiger partial charge < -0.3 is 76.1 Å². The molecule has 0 bridgehead atoms. The van der Waals surface area contributed by atoms with Crippen LogP contribution in [0.5, 0.6) is 28.7 Å². The number of hydrogen-bond donors (Lipinski definition) is 8. The van der Waals surface area contributed by atoms with Crippen LogP contribution in [0.3, 0.4) is 0 Å². The third-order valence-electron chi connectivity index (χ3n) is 10.6. The zero-order valence-electron chi connectivity index (χ0n) is 29.1.